The third-order valence-electron chi connectivity index (χ3n) is 2.28. The Kier molecular flexibility index (Phi) is 3.63. The molecule has 0 amide bonds. The van der Waals surface area contributed by atoms with Gasteiger partial charge >= 0.3 is 5.97 Å². The maximum atomic E-state index is 10.8. The summed E-state index contributed by atoms with van der Waals surface area (Å²) in [5, 5.41) is 9.43. The van der Waals surface area contributed by atoms with Crippen LogP contribution in [0.5, 0.6) is 0 Å². The minimum Gasteiger partial charge on any atom is -0.475 e. The second-order valence-electron chi connectivity index (χ2n) is 3.74. The molecule has 0 radical (unpaired) electrons. The maximum Gasteiger partial charge on any atom is 0.372 e. The van der Waals surface area contributed by atoms with E-state index >= 15 is 0 Å². The molecule has 3 N–H and O–H groups in total. The number of thiazole rings is 1. The molecule has 96 valence electrons. The number of hydrogen-bond donors (Lipinski definition) is 2. The van der Waals surface area contributed by atoms with Gasteiger partial charge in [-0.2, -0.15) is 0 Å². The fraction of sp³-hybridized carbons (Fsp3) is 0.273. The molecule has 0 saturated carbocycles. The third-order valence-corrected chi connectivity index (χ3v) is 4.65. The van der Waals surface area contributed by atoms with Crippen molar-refractivity contribution >= 4 is 34.2 Å². The summed E-state index contributed by atoms with van der Waals surface area (Å²) >= 11 is 2.97. The Morgan fingerprint density at radius 2 is 2.33 bits per heavy atom. The number of nitrogens with zero attached hydrogens (tertiary/aromatic N) is 1. The van der Waals surface area contributed by atoms with Crippen LogP contribution in [-0.2, 0) is 5.75 Å². The molecule has 2 rings (SSSR count). The Hall–Kier alpha value is -1.47. The first kappa shape index (κ1) is 13.0. The number of furan rings is 1. The zero-order chi connectivity index (χ0) is 13.3. The van der Waals surface area contributed by atoms with E-state index < -0.39 is 5.97 Å². The number of nitrogens with two attached hydrogens (primary N) is 1. The molecule has 2 aromatic heterocycles. The molecule has 0 spiro atoms. The Labute approximate surface area is 112 Å². The van der Waals surface area contributed by atoms with Gasteiger partial charge in [0, 0.05) is 5.56 Å². The highest BCUT2D eigenvalue weighted by molar-refractivity contribution is 8.00. The first-order chi connectivity index (χ1) is 8.47. The lowest BCUT2D eigenvalue weighted by molar-refractivity contribution is 0.0659. The molecule has 2 aromatic rings. The molecule has 0 aliphatic heterocycles. The van der Waals surface area contributed by atoms with Crippen molar-refractivity contribution in [2.75, 3.05) is 5.73 Å². The summed E-state index contributed by atoms with van der Waals surface area (Å²) in [6.45, 7) is 3.61. The smallest absolute Gasteiger partial charge is 0.372 e. The van der Waals surface area contributed by atoms with E-state index in [1.807, 2.05) is 6.92 Å². The number of aromatic carboxylic acids is 1. The highest BCUT2D eigenvalue weighted by atomic mass is 32.2. The predicted molar refractivity (Wildman–Crippen MR) is 71.2 cm³/mol. The summed E-state index contributed by atoms with van der Waals surface area (Å²) in [5.41, 5.74) is 7.14. The number of aromatic nitrogens is 1. The highest BCUT2D eigenvalue weighted by Gasteiger charge is 2.15. The van der Waals surface area contributed by atoms with Crippen LogP contribution in [0.15, 0.2) is 14.7 Å². The number of carbonyl (C=O) groups is 1. The molecule has 0 saturated heterocycles. The van der Waals surface area contributed by atoms with Gasteiger partial charge in [0.1, 0.15) is 5.76 Å². The molecule has 0 atom stereocenters. The van der Waals surface area contributed by atoms with Gasteiger partial charge in [-0.1, -0.05) is 11.3 Å². The number of carboxylic acid groups (broad SMARTS) is 1. The van der Waals surface area contributed by atoms with E-state index in [1.165, 1.54) is 11.3 Å². The number of nitrogen functional groups attached to an aromatic ring is 1. The predicted octanol–water partition coefficient (Wildman–Crippen LogP) is 2.93. The molecule has 7 heteroatoms. The number of carboxylic acids is 1. The Bertz CT molecular complexity index is 589. The number of thioether (sulfide) groups is 1. The van der Waals surface area contributed by atoms with E-state index in [0.29, 0.717) is 22.2 Å². The van der Waals surface area contributed by atoms with Gasteiger partial charge < -0.3 is 15.3 Å². The van der Waals surface area contributed by atoms with Crippen molar-refractivity contribution < 1.29 is 14.3 Å². The van der Waals surface area contributed by atoms with Crippen LogP contribution in [-0.4, -0.2) is 16.1 Å². The van der Waals surface area contributed by atoms with Gasteiger partial charge in [-0.15, -0.1) is 11.8 Å². The molecule has 0 bridgehead atoms. The van der Waals surface area contributed by atoms with Gasteiger partial charge in [-0.05, 0) is 19.9 Å². The SMILES string of the molecule is Cc1cc(CSc2sc(N)nc2C)oc1C(=O)O. The first-order valence-corrected chi connectivity index (χ1v) is 6.96. The van der Waals surface area contributed by atoms with Gasteiger partial charge in [0.2, 0.25) is 5.76 Å². The van der Waals surface area contributed by atoms with Crippen LogP contribution in [0.1, 0.15) is 27.6 Å². The molecule has 0 fully saturated rings. The lowest BCUT2D eigenvalue weighted by Crippen LogP contribution is -1.94. The summed E-state index contributed by atoms with van der Waals surface area (Å²) in [6, 6.07) is 1.75. The lowest BCUT2D eigenvalue weighted by Gasteiger charge is -1.95. The van der Waals surface area contributed by atoms with Crippen molar-refractivity contribution in [2.24, 2.45) is 0 Å². The van der Waals surface area contributed by atoms with Crippen molar-refractivity contribution in [1.29, 1.82) is 0 Å². The van der Waals surface area contributed by atoms with E-state index in [2.05, 4.69) is 4.98 Å². The zero-order valence-corrected chi connectivity index (χ0v) is 11.5. The molecular weight excluding hydrogens is 272 g/mol. The molecular formula is C11H12N2O3S2. The highest BCUT2D eigenvalue weighted by Crippen LogP contribution is 2.33. The van der Waals surface area contributed by atoms with Crippen LogP contribution in [0.2, 0.25) is 0 Å². The van der Waals surface area contributed by atoms with E-state index in [4.69, 9.17) is 15.3 Å². The summed E-state index contributed by atoms with van der Waals surface area (Å²) in [4.78, 5) is 15.0. The average Bonchev–Trinajstić information content (AvgIpc) is 2.79. The largest absolute Gasteiger partial charge is 0.475 e. The lowest BCUT2D eigenvalue weighted by atomic mass is 10.3. The number of rotatable bonds is 4. The molecule has 0 aliphatic rings. The minimum atomic E-state index is -1.04. The molecule has 0 aromatic carbocycles. The Morgan fingerprint density at radius 3 is 2.83 bits per heavy atom. The second-order valence-corrected chi connectivity index (χ2v) is 6.02. The summed E-state index contributed by atoms with van der Waals surface area (Å²) in [6.07, 6.45) is 0. The van der Waals surface area contributed by atoms with Crippen LogP contribution in [0, 0.1) is 13.8 Å². The minimum absolute atomic E-state index is 0.00569. The molecule has 2 heterocycles. The monoisotopic (exact) mass is 284 g/mol. The normalized spacial score (nSPS) is 10.8. The molecule has 5 nitrogen and oxygen atoms in total. The standard InChI is InChI=1S/C11H12N2O3S2/c1-5-3-7(16-8(5)9(14)15)4-17-10-6(2)13-11(12)18-10/h3H,4H2,1-2H3,(H2,12,13)(H,14,15). The molecule has 0 unspecified atom stereocenters. The summed E-state index contributed by atoms with van der Waals surface area (Å²) < 4.78 is 6.30. The number of aryl methyl sites for hydroxylation is 2. The van der Waals surface area contributed by atoms with Crippen LogP contribution in [0.4, 0.5) is 5.13 Å². The number of hydrogen-bond acceptors (Lipinski definition) is 6. The van der Waals surface area contributed by atoms with Crippen molar-refractivity contribution in [3.8, 4) is 0 Å². The van der Waals surface area contributed by atoms with Crippen LogP contribution >= 0.6 is 23.1 Å². The zero-order valence-electron chi connectivity index (χ0n) is 9.89. The summed E-state index contributed by atoms with van der Waals surface area (Å²) in [5.74, 6) is 0.172. The van der Waals surface area contributed by atoms with Crippen molar-refractivity contribution in [2.45, 2.75) is 23.8 Å². The average molecular weight is 284 g/mol. The van der Waals surface area contributed by atoms with Crippen molar-refractivity contribution in [3.63, 3.8) is 0 Å². The quantitative estimate of drug-likeness (QED) is 0.839. The van der Waals surface area contributed by atoms with Gasteiger partial charge in [0.25, 0.3) is 0 Å². The van der Waals surface area contributed by atoms with Gasteiger partial charge in [0.05, 0.1) is 15.7 Å². The fourth-order valence-corrected chi connectivity index (χ4v) is 3.41. The molecule has 18 heavy (non-hydrogen) atoms. The number of anilines is 1. The Balaban J connectivity index is 2.09. The van der Waals surface area contributed by atoms with Crippen LogP contribution in [0.25, 0.3) is 0 Å². The third kappa shape index (κ3) is 2.68. The maximum absolute atomic E-state index is 10.8. The van der Waals surface area contributed by atoms with E-state index in [9.17, 15) is 4.79 Å². The van der Waals surface area contributed by atoms with Crippen molar-refractivity contribution in [1.82, 2.24) is 4.98 Å². The van der Waals surface area contributed by atoms with Gasteiger partial charge in [-0.3, -0.25) is 0 Å². The topological polar surface area (TPSA) is 89.4 Å². The van der Waals surface area contributed by atoms with E-state index in [-0.39, 0.29) is 5.76 Å². The Morgan fingerprint density at radius 1 is 1.61 bits per heavy atom. The molecule has 0 aliphatic carbocycles. The van der Waals surface area contributed by atoms with E-state index in [0.717, 1.165) is 9.90 Å². The van der Waals surface area contributed by atoms with Gasteiger partial charge in [0.15, 0.2) is 5.13 Å². The first-order valence-electron chi connectivity index (χ1n) is 5.15. The van der Waals surface area contributed by atoms with Gasteiger partial charge in [-0.25, -0.2) is 9.78 Å². The van der Waals surface area contributed by atoms with Crippen LogP contribution < -0.4 is 5.73 Å². The summed E-state index contributed by atoms with van der Waals surface area (Å²) in [7, 11) is 0. The fourth-order valence-electron chi connectivity index (χ4n) is 1.50. The van der Waals surface area contributed by atoms with Crippen LogP contribution in [0.3, 0.4) is 0 Å². The van der Waals surface area contributed by atoms with E-state index in [1.54, 1.807) is 24.8 Å². The van der Waals surface area contributed by atoms with Crippen molar-refractivity contribution in [3.05, 3.63) is 28.8 Å². The second kappa shape index (κ2) is 5.03.